The fourth-order valence-electron chi connectivity index (χ4n) is 1.36. The molecule has 0 heterocycles. The van der Waals surface area contributed by atoms with E-state index in [-0.39, 0.29) is 6.54 Å². The molecular formula is C12H14ClNO2. The highest BCUT2D eigenvalue weighted by molar-refractivity contribution is 6.29. The zero-order valence-electron chi connectivity index (χ0n) is 9.11. The largest absolute Gasteiger partial charge is 0.480 e. The molecule has 1 aromatic rings. The second kappa shape index (κ2) is 5.56. The molecule has 16 heavy (non-hydrogen) atoms. The van der Waals surface area contributed by atoms with Gasteiger partial charge in [-0.1, -0.05) is 35.9 Å². The molecule has 1 aromatic carbocycles. The molecule has 0 fully saturated rings. The van der Waals surface area contributed by atoms with Crippen LogP contribution in [0.15, 0.2) is 35.9 Å². The van der Waals surface area contributed by atoms with E-state index < -0.39 is 5.97 Å². The molecule has 0 aliphatic rings. The molecule has 0 aromatic heterocycles. The van der Waals surface area contributed by atoms with Crippen molar-refractivity contribution < 1.29 is 9.90 Å². The number of carboxylic acids is 1. The molecule has 0 spiro atoms. The minimum absolute atomic E-state index is 0.0885. The van der Waals surface area contributed by atoms with Crippen LogP contribution in [0, 0.1) is 6.92 Å². The topological polar surface area (TPSA) is 40.5 Å². The van der Waals surface area contributed by atoms with Crippen LogP contribution in [0.5, 0.6) is 0 Å². The molecule has 0 atom stereocenters. The van der Waals surface area contributed by atoms with Crippen molar-refractivity contribution in [1.29, 1.82) is 0 Å². The van der Waals surface area contributed by atoms with Gasteiger partial charge in [0.25, 0.3) is 0 Å². The highest BCUT2D eigenvalue weighted by atomic mass is 35.5. The summed E-state index contributed by atoms with van der Waals surface area (Å²) in [4.78, 5) is 12.4. The molecule has 86 valence electrons. The van der Waals surface area contributed by atoms with Crippen molar-refractivity contribution in [3.05, 3.63) is 41.4 Å². The number of hydrogen-bond acceptors (Lipinski definition) is 2. The van der Waals surface area contributed by atoms with Gasteiger partial charge in [-0.3, -0.25) is 4.79 Å². The minimum atomic E-state index is -0.890. The van der Waals surface area contributed by atoms with Crippen LogP contribution in [-0.2, 0) is 4.79 Å². The number of halogens is 1. The van der Waals surface area contributed by atoms with E-state index in [1.165, 1.54) is 0 Å². The molecule has 0 aliphatic heterocycles. The summed E-state index contributed by atoms with van der Waals surface area (Å²) in [6.45, 7) is 5.80. The molecule has 0 amide bonds. The van der Waals surface area contributed by atoms with Crippen molar-refractivity contribution in [3.8, 4) is 0 Å². The monoisotopic (exact) mass is 239 g/mol. The van der Waals surface area contributed by atoms with Gasteiger partial charge in [-0.05, 0) is 19.1 Å². The summed E-state index contributed by atoms with van der Waals surface area (Å²) in [5.74, 6) is -0.890. The van der Waals surface area contributed by atoms with Crippen molar-refractivity contribution in [2.24, 2.45) is 0 Å². The molecule has 3 nitrogen and oxygen atoms in total. The number of anilines is 1. The molecule has 0 radical (unpaired) electrons. The molecule has 1 N–H and O–H groups in total. The fraction of sp³-hybridized carbons (Fsp3) is 0.250. The first-order valence-corrected chi connectivity index (χ1v) is 5.23. The minimum Gasteiger partial charge on any atom is -0.480 e. The molecule has 4 heteroatoms. The number of rotatable bonds is 5. The fourth-order valence-corrected chi connectivity index (χ4v) is 1.51. The van der Waals surface area contributed by atoms with E-state index in [9.17, 15) is 4.79 Å². The van der Waals surface area contributed by atoms with Crippen molar-refractivity contribution >= 4 is 23.3 Å². The van der Waals surface area contributed by atoms with Crippen molar-refractivity contribution in [2.75, 3.05) is 18.0 Å². The van der Waals surface area contributed by atoms with Crippen LogP contribution >= 0.6 is 11.6 Å². The molecule has 0 bridgehead atoms. The van der Waals surface area contributed by atoms with E-state index in [4.69, 9.17) is 16.7 Å². The summed E-state index contributed by atoms with van der Waals surface area (Å²) in [6, 6.07) is 7.61. The second-order valence-corrected chi connectivity index (χ2v) is 4.14. The third-order valence-corrected chi connectivity index (χ3v) is 2.21. The van der Waals surface area contributed by atoms with E-state index in [0.717, 1.165) is 11.3 Å². The number of nitrogens with zero attached hydrogens (tertiary/aromatic N) is 1. The van der Waals surface area contributed by atoms with Gasteiger partial charge in [-0.25, -0.2) is 0 Å². The first-order chi connectivity index (χ1) is 7.49. The number of carboxylic acid groups (broad SMARTS) is 1. The lowest BCUT2D eigenvalue weighted by Gasteiger charge is -2.22. The summed E-state index contributed by atoms with van der Waals surface area (Å²) in [5.41, 5.74) is 1.96. The smallest absolute Gasteiger partial charge is 0.323 e. The van der Waals surface area contributed by atoms with Gasteiger partial charge in [-0.15, -0.1) is 0 Å². The van der Waals surface area contributed by atoms with E-state index >= 15 is 0 Å². The average Bonchev–Trinajstić information content (AvgIpc) is 2.16. The lowest BCUT2D eigenvalue weighted by Crippen LogP contribution is -2.30. The maximum atomic E-state index is 10.7. The predicted octanol–water partition coefficient (Wildman–Crippen LogP) is 2.64. The second-order valence-electron chi connectivity index (χ2n) is 3.60. The van der Waals surface area contributed by atoms with Crippen molar-refractivity contribution in [3.63, 3.8) is 0 Å². The van der Waals surface area contributed by atoms with Crippen LogP contribution in [0.2, 0.25) is 0 Å². The average molecular weight is 240 g/mol. The Morgan fingerprint density at radius 1 is 1.38 bits per heavy atom. The summed E-state index contributed by atoms with van der Waals surface area (Å²) in [5, 5.41) is 9.22. The Balaban J connectivity index is 2.86. The highest BCUT2D eigenvalue weighted by Gasteiger charge is 2.10. The lowest BCUT2D eigenvalue weighted by molar-refractivity contribution is -0.135. The third kappa shape index (κ3) is 3.95. The Bertz CT molecular complexity index is 371. The summed E-state index contributed by atoms with van der Waals surface area (Å²) < 4.78 is 0. The number of carbonyl (C=O) groups is 1. The first kappa shape index (κ1) is 12.6. The van der Waals surface area contributed by atoms with Crippen LogP contribution < -0.4 is 4.90 Å². The van der Waals surface area contributed by atoms with Crippen LogP contribution in [0.25, 0.3) is 0 Å². The van der Waals surface area contributed by atoms with E-state index in [1.807, 2.05) is 31.2 Å². The maximum absolute atomic E-state index is 10.7. The Kier molecular flexibility index (Phi) is 4.38. The number of hydrogen-bond donors (Lipinski definition) is 1. The van der Waals surface area contributed by atoms with Gasteiger partial charge in [0.2, 0.25) is 0 Å². The van der Waals surface area contributed by atoms with Crippen molar-refractivity contribution in [2.45, 2.75) is 6.92 Å². The molecule has 0 saturated carbocycles. The Labute approximate surface area is 100.0 Å². The standard InChI is InChI=1S/C12H14ClNO2/c1-9-3-5-11(6-4-9)14(7-10(2)13)8-12(15)16/h3-6H,2,7-8H2,1H3,(H,15,16). The van der Waals surface area contributed by atoms with Crippen LogP contribution in [-0.4, -0.2) is 24.2 Å². The number of benzene rings is 1. The predicted molar refractivity (Wildman–Crippen MR) is 66.0 cm³/mol. The zero-order valence-corrected chi connectivity index (χ0v) is 9.87. The normalized spacial score (nSPS) is 9.88. The summed E-state index contributed by atoms with van der Waals surface area (Å²) in [6.07, 6.45) is 0. The van der Waals surface area contributed by atoms with Gasteiger partial charge in [0.15, 0.2) is 0 Å². The summed E-state index contributed by atoms with van der Waals surface area (Å²) >= 11 is 5.71. The Hall–Kier alpha value is -1.48. The van der Waals surface area contributed by atoms with Gasteiger partial charge >= 0.3 is 5.97 Å². The zero-order chi connectivity index (χ0) is 12.1. The van der Waals surface area contributed by atoms with Crippen LogP contribution in [0.4, 0.5) is 5.69 Å². The summed E-state index contributed by atoms with van der Waals surface area (Å²) in [7, 11) is 0. The van der Waals surface area contributed by atoms with Crippen LogP contribution in [0.1, 0.15) is 5.56 Å². The highest BCUT2D eigenvalue weighted by Crippen LogP contribution is 2.16. The number of aliphatic carboxylic acids is 1. The molecule has 0 aliphatic carbocycles. The van der Waals surface area contributed by atoms with Gasteiger partial charge in [0, 0.05) is 10.7 Å². The lowest BCUT2D eigenvalue weighted by atomic mass is 10.2. The van der Waals surface area contributed by atoms with E-state index in [0.29, 0.717) is 11.6 Å². The van der Waals surface area contributed by atoms with Gasteiger partial charge < -0.3 is 10.0 Å². The molecular weight excluding hydrogens is 226 g/mol. The van der Waals surface area contributed by atoms with Gasteiger partial charge in [-0.2, -0.15) is 0 Å². The van der Waals surface area contributed by atoms with Crippen molar-refractivity contribution in [1.82, 2.24) is 0 Å². The molecule has 0 unspecified atom stereocenters. The van der Waals surface area contributed by atoms with Crippen LogP contribution in [0.3, 0.4) is 0 Å². The molecule has 1 rings (SSSR count). The first-order valence-electron chi connectivity index (χ1n) is 4.85. The van der Waals surface area contributed by atoms with Gasteiger partial charge in [0.05, 0.1) is 6.54 Å². The number of aryl methyl sites for hydroxylation is 1. The van der Waals surface area contributed by atoms with E-state index in [2.05, 4.69) is 6.58 Å². The Morgan fingerprint density at radius 3 is 2.38 bits per heavy atom. The maximum Gasteiger partial charge on any atom is 0.323 e. The van der Waals surface area contributed by atoms with Gasteiger partial charge in [0.1, 0.15) is 6.54 Å². The Morgan fingerprint density at radius 2 is 1.94 bits per heavy atom. The quantitative estimate of drug-likeness (QED) is 0.859. The molecule has 0 saturated heterocycles. The van der Waals surface area contributed by atoms with E-state index in [1.54, 1.807) is 4.90 Å². The SMILES string of the molecule is C=C(Cl)CN(CC(=O)O)c1ccc(C)cc1. The third-order valence-electron chi connectivity index (χ3n) is 2.09.